The summed E-state index contributed by atoms with van der Waals surface area (Å²) in [6.45, 7) is 9.44. The van der Waals surface area contributed by atoms with Crippen LogP contribution in [-0.2, 0) is 4.74 Å². The second-order valence-electron chi connectivity index (χ2n) is 5.19. The molecule has 1 fully saturated rings. The Hall–Kier alpha value is -1.03. The van der Waals surface area contributed by atoms with Gasteiger partial charge >= 0.3 is 0 Å². The molecule has 96 valence electrons. The molecule has 0 amide bonds. The van der Waals surface area contributed by atoms with E-state index in [0.29, 0.717) is 18.2 Å². The summed E-state index contributed by atoms with van der Waals surface area (Å²) >= 11 is 0. The van der Waals surface area contributed by atoms with Gasteiger partial charge in [-0.25, -0.2) is 4.98 Å². The van der Waals surface area contributed by atoms with Crippen molar-refractivity contribution in [2.75, 3.05) is 11.9 Å². The Morgan fingerprint density at radius 3 is 2.82 bits per heavy atom. The third-order valence-electron chi connectivity index (χ3n) is 3.29. The Labute approximate surface area is 103 Å². The predicted molar refractivity (Wildman–Crippen MR) is 69.4 cm³/mol. The molecule has 17 heavy (non-hydrogen) atoms. The standard InChI is InChI=1S/C13H23N3O/c1-9(2)16-8-10(3)14-13(16)15-11(4)12-6-5-7-17-12/h8-9,11-12H,5-7H2,1-4H3,(H,14,15). The van der Waals surface area contributed by atoms with E-state index in [2.05, 4.69) is 41.8 Å². The normalized spacial score (nSPS) is 22.1. The molecule has 1 N–H and O–H groups in total. The number of imidazole rings is 1. The highest BCUT2D eigenvalue weighted by Gasteiger charge is 2.23. The second kappa shape index (κ2) is 5.08. The maximum atomic E-state index is 5.69. The summed E-state index contributed by atoms with van der Waals surface area (Å²) in [4.78, 5) is 4.54. The quantitative estimate of drug-likeness (QED) is 0.875. The number of aryl methyl sites for hydroxylation is 1. The van der Waals surface area contributed by atoms with Gasteiger partial charge < -0.3 is 14.6 Å². The van der Waals surface area contributed by atoms with Crippen molar-refractivity contribution in [2.45, 2.75) is 58.7 Å². The Bertz CT molecular complexity index is 367. The first-order valence-corrected chi connectivity index (χ1v) is 6.51. The van der Waals surface area contributed by atoms with E-state index in [1.807, 2.05) is 6.92 Å². The molecule has 1 saturated heterocycles. The van der Waals surface area contributed by atoms with E-state index >= 15 is 0 Å². The van der Waals surface area contributed by atoms with Crippen LogP contribution >= 0.6 is 0 Å². The van der Waals surface area contributed by atoms with Gasteiger partial charge in [-0.05, 0) is 40.5 Å². The highest BCUT2D eigenvalue weighted by Crippen LogP contribution is 2.21. The molecule has 4 nitrogen and oxygen atoms in total. The lowest BCUT2D eigenvalue weighted by atomic mass is 10.1. The zero-order chi connectivity index (χ0) is 12.4. The molecule has 0 aromatic carbocycles. The van der Waals surface area contributed by atoms with Gasteiger partial charge in [0, 0.05) is 18.8 Å². The van der Waals surface area contributed by atoms with Crippen LogP contribution in [0.5, 0.6) is 0 Å². The van der Waals surface area contributed by atoms with E-state index in [1.54, 1.807) is 0 Å². The lowest BCUT2D eigenvalue weighted by Crippen LogP contribution is -2.31. The maximum absolute atomic E-state index is 5.69. The van der Waals surface area contributed by atoms with Crippen LogP contribution in [0.3, 0.4) is 0 Å². The fourth-order valence-electron chi connectivity index (χ4n) is 2.31. The van der Waals surface area contributed by atoms with Crippen molar-refractivity contribution < 1.29 is 4.74 Å². The Morgan fingerprint density at radius 1 is 1.47 bits per heavy atom. The van der Waals surface area contributed by atoms with Gasteiger partial charge in [-0.3, -0.25) is 0 Å². The van der Waals surface area contributed by atoms with Crippen LogP contribution in [0.25, 0.3) is 0 Å². The third kappa shape index (κ3) is 2.80. The molecule has 2 rings (SSSR count). The molecule has 0 saturated carbocycles. The van der Waals surface area contributed by atoms with E-state index in [4.69, 9.17) is 4.74 Å². The van der Waals surface area contributed by atoms with Crippen LogP contribution in [0.2, 0.25) is 0 Å². The van der Waals surface area contributed by atoms with Gasteiger partial charge in [0.15, 0.2) is 0 Å². The number of anilines is 1. The van der Waals surface area contributed by atoms with Gasteiger partial charge in [0.25, 0.3) is 0 Å². The van der Waals surface area contributed by atoms with Crippen LogP contribution in [-0.4, -0.2) is 28.3 Å². The summed E-state index contributed by atoms with van der Waals surface area (Å²) < 4.78 is 7.88. The Kier molecular flexibility index (Phi) is 3.72. The van der Waals surface area contributed by atoms with Crippen molar-refractivity contribution in [3.05, 3.63) is 11.9 Å². The minimum Gasteiger partial charge on any atom is -0.376 e. The smallest absolute Gasteiger partial charge is 0.203 e. The molecule has 4 heteroatoms. The highest BCUT2D eigenvalue weighted by atomic mass is 16.5. The first-order chi connectivity index (χ1) is 8.08. The van der Waals surface area contributed by atoms with E-state index in [-0.39, 0.29) is 0 Å². The lowest BCUT2D eigenvalue weighted by Gasteiger charge is -2.22. The topological polar surface area (TPSA) is 39.1 Å². The molecule has 1 aromatic heterocycles. The molecule has 1 aliphatic heterocycles. The average Bonchev–Trinajstić information content (AvgIpc) is 2.86. The highest BCUT2D eigenvalue weighted by molar-refractivity contribution is 5.31. The van der Waals surface area contributed by atoms with Crippen LogP contribution < -0.4 is 5.32 Å². The number of ether oxygens (including phenoxy) is 1. The first kappa shape index (κ1) is 12.4. The van der Waals surface area contributed by atoms with Crippen LogP contribution in [0.4, 0.5) is 5.95 Å². The van der Waals surface area contributed by atoms with Gasteiger partial charge in [-0.2, -0.15) is 0 Å². The van der Waals surface area contributed by atoms with Crippen molar-refractivity contribution in [2.24, 2.45) is 0 Å². The van der Waals surface area contributed by atoms with Crippen molar-refractivity contribution in [1.29, 1.82) is 0 Å². The number of hydrogen-bond donors (Lipinski definition) is 1. The average molecular weight is 237 g/mol. The number of rotatable bonds is 4. The number of hydrogen-bond acceptors (Lipinski definition) is 3. The minimum atomic E-state index is 0.316. The van der Waals surface area contributed by atoms with Crippen LogP contribution in [0, 0.1) is 6.92 Å². The molecule has 1 aliphatic rings. The maximum Gasteiger partial charge on any atom is 0.203 e. The van der Waals surface area contributed by atoms with E-state index in [1.165, 1.54) is 6.42 Å². The molecule has 2 atom stereocenters. The molecular weight excluding hydrogens is 214 g/mol. The molecule has 2 unspecified atom stereocenters. The molecule has 0 aliphatic carbocycles. The minimum absolute atomic E-state index is 0.316. The van der Waals surface area contributed by atoms with Crippen molar-refractivity contribution in [3.8, 4) is 0 Å². The third-order valence-corrected chi connectivity index (χ3v) is 3.29. The van der Waals surface area contributed by atoms with Gasteiger partial charge in [0.05, 0.1) is 17.8 Å². The lowest BCUT2D eigenvalue weighted by molar-refractivity contribution is 0.0993. The second-order valence-corrected chi connectivity index (χ2v) is 5.19. The molecule has 2 heterocycles. The summed E-state index contributed by atoms with van der Waals surface area (Å²) in [6, 6.07) is 0.743. The molecule has 0 bridgehead atoms. The van der Waals surface area contributed by atoms with Gasteiger partial charge in [-0.1, -0.05) is 0 Å². The van der Waals surface area contributed by atoms with Crippen molar-refractivity contribution >= 4 is 5.95 Å². The zero-order valence-corrected chi connectivity index (χ0v) is 11.2. The molecule has 0 radical (unpaired) electrons. The fourth-order valence-corrected chi connectivity index (χ4v) is 2.31. The van der Waals surface area contributed by atoms with E-state index in [0.717, 1.165) is 24.7 Å². The molecular formula is C13H23N3O. The Balaban J connectivity index is 2.06. The van der Waals surface area contributed by atoms with Gasteiger partial charge in [-0.15, -0.1) is 0 Å². The summed E-state index contributed by atoms with van der Waals surface area (Å²) in [5.41, 5.74) is 1.06. The first-order valence-electron chi connectivity index (χ1n) is 6.51. The van der Waals surface area contributed by atoms with E-state index in [9.17, 15) is 0 Å². The number of aromatic nitrogens is 2. The van der Waals surface area contributed by atoms with Crippen LogP contribution in [0.15, 0.2) is 6.20 Å². The van der Waals surface area contributed by atoms with Crippen molar-refractivity contribution in [1.82, 2.24) is 9.55 Å². The molecule has 1 aromatic rings. The largest absolute Gasteiger partial charge is 0.376 e. The monoisotopic (exact) mass is 237 g/mol. The predicted octanol–water partition coefficient (Wildman–Crippen LogP) is 2.75. The fraction of sp³-hybridized carbons (Fsp3) is 0.769. The van der Waals surface area contributed by atoms with E-state index < -0.39 is 0 Å². The zero-order valence-electron chi connectivity index (χ0n) is 11.2. The number of nitrogens with one attached hydrogen (secondary N) is 1. The summed E-state index contributed by atoms with van der Waals surface area (Å²) in [7, 11) is 0. The van der Waals surface area contributed by atoms with Gasteiger partial charge in [0.1, 0.15) is 0 Å². The molecule has 0 spiro atoms. The summed E-state index contributed by atoms with van der Waals surface area (Å²) in [5, 5.41) is 3.48. The number of nitrogens with zero attached hydrogens (tertiary/aromatic N) is 2. The summed E-state index contributed by atoms with van der Waals surface area (Å²) in [6.07, 6.45) is 4.74. The Morgan fingerprint density at radius 2 is 2.24 bits per heavy atom. The van der Waals surface area contributed by atoms with Gasteiger partial charge in [0.2, 0.25) is 5.95 Å². The SMILES string of the molecule is Cc1cn(C(C)C)c(NC(C)C2CCCO2)n1. The van der Waals surface area contributed by atoms with Crippen LogP contribution in [0.1, 0.15) is 45.3 Å². The summed E-state index contributed by atoms with van der Waals surface area (Å²) in [5.74, 6) is 0.959. The van der Waals surface area contributed by atoms with Crippen molar-refractivity contribution in [3.63, 3.8) is 0 Å².